The molecule has 0 aromatic heterocycles. The van der Waals surface area contributed by atoms with Crippen molar-refractivity contribution in [3.05, 3.63) is 59.7 Å². The molecule has 1 N–H and O–H groups in total. The maximum atomic E-state index is 13.8. The van der Waals surface area contributed by atoms with Crippen LogP contribution in [0.1, 0.15) is 10.4 Å². The molecule has 0 bridgehead atoms. The van der Waals surface area contributed by atoms with Crippen LogP contribution in [0.15, 0.2) is 42.5 Å². The van der Waals surface area contributed by atoms with Crippen LogP contribution in [0.3, 0.4) is 0 Å². The largest absolute Gasteiger partial charge is 0.465 e. The Hall–Kier alpha value is -2.43. The van der Waals surface area contributed by atoms with Gasteiger partial charge in [0.2, 0.25) is 0 Å². The molecule has 0 radical (unpaired) electrons. The summed E-state index contributed by atoms with van der Waals surface area (Å²) in [5, 5.41) is 2.68. The van der Waals surface area contributed by atoms with Gasteiger partial charge in [0.15, 0.2) is 11.6 Å². The number of hydrogen-bond donors (Lipinski definition) is 1. The molecule has 0 heterocycles. The molecule has 2 rings (SSSR count). The average Bonchev–Trinajstić information content (AvgIpc) is 2.44. The van der Waals surface area contributed by atoms with Crippen molar-refractivity contribution in [1.29, 1.82) is 0 Å². The normalized spacial score (nSPS) is 10.1. The topological polar surface area (TPSA) is 38.3 Å². The van der Waals surface area contributed by atoms with Crippen LogP contribution in [-0.2, 0) is 4.74 Å². The van der Waals surface area contributed by atoms with Crippen molar-refractivity contribution in [2.75, 3.05) is 12.4 Å². The fraction of sp³-hybridized carbons (Fsp3) is 0.0714. The quantitative estimate of drug-likeness (QED) is 0.861. The third-order valence-electron chi connectivity index (χ3n) is 2.54. The minimum Gasteiger partial charge on any atom is -0.465 e. The lowest BCUT2D eigenvalue weighted by Gasteiger charge is -2.12. The Morgan fingerprint density at radius 2 is 1.79 bits per heavy atom. The predicted octanol–water partition coefficient (Wildman–Crippen LogP) is 3.50. The highest BCUT2D eigenvalue weighted by Gasteiger charge is 2.19. The molecular weight excluding hydrogens is 252 g/mol. The maximum absolute atomic E-state index is 13.8. The van der Waals surface area contributed by atoms with Gasteiger partial charge >= 0.3 is 5.97 Å². The zero-order chi connectivity index (χ0) is 13.8. The SMILES string of the molecule is COC(=O)c1ccc(F)c(F)c1Nc1ccccc1. The minimum atomic E-state index is -1.12. The molecule has 0 unspecified atom stereocenters. The number of ether oxygens (including phenoxy) is 1. The molecule has 0 aliphatic carbocycles. The van der Waals surface area contributed by atoms with Gasteiger partial charge in [-0.1, -0.05) is 18.2 Å². The van der Waals surface area contributed by atoms with E-state index in [0.717, 1.165) is 6.07 Å². The number of anilines is 2. The predicted molar refractivity (Wildman–Crippen MR) is 67.4 cm³/mol. The van der Waals surface area contributed by atoms with E-state index in [1.54, 1.807) is 30.3 Å². The molecule has 19 heavy (non-hydrogen) atoms. The number of rotatable bonds is 3. The van der Waals surface area contributed by atoms with Crippen molar-refractivity contribution < 1.29 is 18.3 Å². The van der Waals surface area contributed by atoms with E-state index in [2.05, 4.69) is 10.1 Å². The standard InChI is InChI=1S/C14H11F2NO2/c1-19-14(18)10-7-8-11(15)12(16)13(10)17-9-5-3-2-4-6-9/h2-8,17H,1H3. The fourth-order valence-electron chi connectivity index (χ4n) is 1.62. The zero-order valence-corrected chi connectivity index (χ0v) is 10.1. The summed E-state index contributed by atoms with van der Waals surface area (Å²) in [4.78, 5) is 11.5. The van der Waals surface area contributed by atoms with Crippen LogP contribution in [0, 0.1) is 11.6 Å². The first-order chi connectivity index (χ1) is 9.13. The Kier molecular flexibility index (Phi) is 3.75. The van der Waals surface area contributed by atoms with Gasteiger partial charge in [-0.2, -0.15) is 0 Å². The van der Waals surface area contributed by atoms with Crippen molar-refractivity contribution in [2.24, 2.45) is 0 Å². The number of carbonyl (C=O) groups excluding carboxylic acids is 1. The first-order valence-corrected chi connectivity index (χ1v) is 5.52. The summed E-state index contributed by atoms with van der Waals surface area (Å²) in [6.45, 7) is 0. The number of hydrogen-bond acceptors (Lipinski definition) is 3. The van der Waals surface area contributed by atoms with Gasteiger partial charge in [0, 0.05) is 5.69 Å². The van der Waals surface area contributed by atoms with E-state index in [0.29, 0.717) is 5.69 Å². The van der Waals surface area contributed by atoms with E-state index >= 15 is 0 Å². The van der Waals surface area contributed by atoms with E-state index < -0.39 is 17.6 Å². The van der Waals surface area contributed by atoms with Crippen molar-refractivity contribution in [1.82, 2.24) is 0 Å². The van der Waals surface area contributed by atoms with Crippen molar-refractivity contribution in [2.45, 2.75) is 0 Å². The second-order valence-electron chi connectivity index (χ2n) is 3.77. The molecular formula is C14H11F2NO2. The lowest BCUT2D eigenvalue weighted by Crippen LogP contribution is -2.08. The molecule has 0 spiro atoms. The molecule has 0 fully saturated rings. The molecule has 2 aromatic carbocycles. The van der Waals surface area contributed by atoms with E-state index in [1.807, 2.05) is 0 Å². The lowest BCUT2D eigenvalue weighted by atomic mass is 10.1. The Bertz CT molecular complexity index is 600. The second kappa shape index (κ2) is 5.48. The summed E-state index contributed by atoms with van der Waals surface area (Å²) in [5.41, 5.74) is 0.237. The average molecular weight is 263 g/mol. The smallest absolute Gasteiger partial charge is 0.340 e. The fourth-order valence-corrected chi connectivity index (χ4v) is 1.62. The van der Waals surface area contributed by atoms with Gasteiger partial charge in [0.25, 0.3) is 0 Å². The molecule has 0 saturated carbocycles. The summed E-state index contributed by atoms with van der Waals surface area (Å²) < 4.78 is 31.6. The van der Waals surface area contributed by atoms with Gasteiger partial charge in [-0.15, -0.1) is 0 Å². The number of esters is 1. The summed E-state index contributed by atoms with van der Waals surface area (Å²) in [6.07, 6.45) is 0. The van der Waals surface area contributed by atoms with Crippen LogP contribution in [-0.4, -0.2) is 13.1 Å². The molecule has 5 heteroatoms. The molecule has 0 aliphatic rings. The highest BCUT2D eigenvalue weighted by Crippen LogP contribution is 2.26. The molecule has 0 aliphatic heterocycles. The van der Waals surface area contributed by atoms with Gasteiger partial charge in [-0.05, 0) is 24.3 Å². The Labute approximate surface area is 108 Å². The Morgan fingerprint density at radius 1 is 1.11 bits per heavy atom. The highest BCUT2D eigenvalue weighted by atomic mass is 19.2. The first-order valence-electron chi connectivity index (χ1n) is 5.52. The van der Waals surface area contributed by atoms with Crippen LogP contribution in [0.4, 0.5) is 20.2 Å². The third-order valence-corrected chi connectivity index (χ3v) is 2.54. The number of halogens is 2. The van der Waals surface area contributed by atoms with Gasteiger partial charge in [0.05, 0.1) is 18.4 Å². The van der Waals surface area contributed by atoms with E-state index in [4.69, 9.17) is 0 Å². The van der Waals surface area contributed by atoms with E-state index in [-0.39, 0.29) is 11.3 Å². The van der Waals surface area contributed by atoms with Gasteiger partial charge in [-0.3, -0.25) is 0 Å². The van der Waals surface area contributed by atoms with Crippen LogP contribution in [0.5, 0.6) is 0 Å². The van der Waals surface area contributed by atoms with E-state index in [1.165, 1.54) is 13.2 Å². The van der Waals surface area contributed by atoms with Crippen LogP contribution in [0.25, 0.3) is 0 Å². The van der Waals surface area contributed by atoms with Gasteiger partial charge < -0.3 is 10.1 Å². The summed E-state index contributed by atoms with van der Waals surface area (Å²) in [5.74, 6) is -2.89. The monoisotopic (exact) mass is 263 g/mol. The molecule has 98 valence electrons. The first kappa shape index (κ1) is 13.0. The summed E-state index contributed by atoms with van der Waals surface area (Å²) in [6, 6.07) is 10.7. The number of benzene rings is 2. The van der Waals surface area contributed by atoms with E-state index in [9.17, 15) is 13.6 Å². The molecule has 3 nitrogen and oxygen atoms in total. The highest BCUT2D eigenvalue weighted by molar-refractivity contribution is 5.96. The number of methoxy groups -OCH3 is 1. The molecule has 2 aromatic rings. The van der Waals surface area contributed by atoms with Crippen LogP contribution in [0.2, 0.25) is 0 Å². The molecule has 0 amide bonds. The number of carbonyl (C=O) groups is 1. The van der Waals surface area contributed by atoms with Gasteiger partial charge in [0.1, 0.15) is 0 Å². The maximum Gasteiger partial charge on any atom is 0.340 e. The summed E-state index contributed by atoms with van der Waals surface area (Å²) in [7, 11) is 1.18. The minimum absolute atomic E-state index is 0.0646. The third kappa shape index (κ3) is 2.70. The molecule has 0 saturated heterocycles. The van der Waals surface area contributed by atoms with Crippen LogP contribution >= 0.6 is 0 Å². The molecule has 0 atom stereocenters. The van der Waals surface area contributed by atoms with Crippen molar-refractivity contribution >= 4 is 17.3 Å². The van der Waals surface area contributed by atoms with Gasteiger partial charge in [-0.25, -0.2) is 13.6 Å². The summed E-state index contributed by atoms with van der Waals surface area (Å²) >= 11 is 0. The van der Waals surface area contributed by atoms with Crippen LogP contribution < -0.4 is 5.32 Å². The Balaban J connectivity index is 2.48. The van der Waals surface area contributed by atoms with Crippen molar-refractivity contribution in [3.8, 4) is 0 Å². The lowest BCUT2D eigenvalue weighted by molar-refractivity contribution is 0.0601. The number of nitrogens with one attached hydrogen (secondary N) is 1. The van der Waals surface area contributed by atoms with Crippen molar-refractivity contribution in [3.63, 3.8) is 0 Å². The zero-order valence-electron chi connectivity index (χ0n) is 10.1. The number of para-hydroxylation sites is 1. The Morgan fingerprint density at radius 3 is 2.42 bits per heavy atom. The second-order valence-corrected chi connectivity index (χ2v) is 3.77.